The average Bonchev–Trinajstić information content (AvgIpc) is 2.85. The molecule has 0 atom stereocenters. The Hall–Kier alpha value is -2.34. The van der Waals surface area contributed by atoms with E-state index in [1.807, 2.05) is 0 Å². The Morgan fingerprint density at radius 2 is 1.83 bits per heavy atom. The van der Waals surface area contributed by atoms with Gasteiger partial charge in [0.15, 0.2) is 0 Å². The smallest absolute Gasteiger partial charge is 0.267 e. The molecule has 0 fully saturated rings. The van der Waals surface area contributed by atoms with Gasteiger partial charge in [-0.05, 0) is 31.2 Å². The molecule has 5 nitrogen and oxygen atoms in total. The van der Waals surface area contributed by atoms with Crippen LogP contribution in [-0.2, 0) is 0 Å². The summed E-state index contributed by atoms with van der Waals surface area (Å²) in [6.07, 6.45) is 0. The Labute approximate surface area is 147 Å². The Balaban J connectivity index is 2.28. The molecule has 3 aromatic rings. The van der Waals surface area contributed by atoms with Crippen molar-refractivity contribution in [1.82, 2.24) is 9.99 Å². The molecule has 0 radical (unpaired) electrons. The molecule has 0 aliphatic carbocycles. The van der Waals surface area contributed by atoms with Gasteiger partial charge in [-0.1, -0.05) is 41.4 Å². The molecule has 0 unspecified atom stereocenters. The van der Waals surface area contributed by atoms with Crippen LogP contribution in [0.15, 0.2) is 42.5 Å². The number of amides is 1. The average molecular weight is 362 g/mol. The highest BCUT2D eigenvalue weighted by atomic mass is 35.5. The lowest BCUT2D eigenvalue weighted by molar-refractivity contribution is 0.0954. The lowest BCUT2D eigenvalue weighted by Gasteiger charge is -2.09. The van der Waals surface area contributed by atoms with Crippen molar-refractivity contribution in [1.29, 1.82) is 0 Å². The van der Waals surface area contributed by atoms with Crippen molar-refractivity contribution in [3.8, 4) is 0 Å². The third kappa shape index (κ3) is 2.57. The first-order valence-electron chi connectivity index (χ1n) is 7.06. The Kier molecular flexibility index (Phi) is 4.32. The van der Waals surface area contributed by atoms with Crippen LogP contribution in [0.3, 0.4) is 0 Å². The molecule has 0 aliphatic rings. The number of para-hydroxylation sites is 1. The summed E-state index contributed by atoms with van der Waals surface area (Å²) >= 11 is 12.0. The number of benzene rings is 2. The normalized spacial score (nSPS) is 10.8. The molecule has 24 heavy (non-hydrogen) atoms. The van der Waals surface area contributed by atoms with Crippen LogP contribution in [0, 0.1) is 6.92 Å². The zero-order valence-corrected chi connectivity index (χ0v) is 14.2. The van der Waals surface area contributed by atoms with E-state index in [1.54, 1.807) is 43.3 Å². The van der Waals surface area contributed by atoms with Crippen LogP contribution < -0.4 is 11.3 Å². The summed E-state index contributed by atoms with van der Waals surface area (Å²) in [5.74, 6) is 4.47. The number of carbonyl (C=O) groups excluding carboxylic acids is 2. The van der Waals surface area contributed by atoms with Crippen LogP contribution in [0.5, 0.6) is 0 Å². The molecule has 0 saturated heterocycles. The molecule has 1 heterocycles. The van der Waals surface area contributed by atoms with Gasteiger partial charge in [0, 0.05) is 16.1 Å². The number of aromatic nitrogens is 1. The molecule has 1 amide bonds. The Bertz CT molecular complexity index is 979. The largest absolute Gasteiger partial charge is 0.290 e. The summed E-state index contributed by atoms with van der Waals surface area (Å²) in [6, 6.07) is 11.8. The maximum absolute atomic E-state index is 13.0. The number of hydrazine groups is 1. The minimum atomic E-state index is -0.461. The zero-order valence-electron chi connectivity index (χ0n) is 12.6. The number of nitrogens with one attached hydrogen (secondary N) is 1. The van der Waals surface area contributed by atoms with E-state index in [0.717, 1.165) is 0 Å². The predicted octanol–water partition coefficient (Wildman–Crippen LogP) is 3.55. The topological polar surface area (TPSA) is 77.1 Å². The number of hydrogen-bond acceptors (Lipinski definition) is 3. The molecule has 7 heteroatoms. The molecule has 0 bridgehead atoms. The summed E-state index contributed by atoms with van der Waals surface area (Å²) in [7, 11) is 0. The molecular formula is C17H13Cl2N3O2. The minimum absolute atomic E-state index is 0.245. The number of carbonyl (C=O) groups is 2. The van der Waals surface area contributed by atoms with E-state index in [0.29, 0.717) is 32.7 Å². The summed E-state index contributed by atoms with van der Waals surface area (Å²) in [4.78, 5) is 25.1. The standard InChI is InChI=1S/C17H13Cl2N3O2/c1-9-15(16(23)21-20)12-4-2-3-5-14(12)22(9)17(24)11-7-6-10(18)8-13(11)19/h2-8H,20H2,1H3,(H,21,23). The van der Waals surface area contributed by atoms with E-state index < -0.39 is 5.91 Å². The van der Waals surface area contributed by atoms with Crippen LogP contribution in [0.4, 0.5) is 0 Å². The van der Waals surface area contributed by atoms with E-state index in [1.165, 1.54) is 10.6 Å². The molecule has 122 valence electrons. The molecule has 3 N–H and O–H groups in total. The lowest BCUT2D eigenvalue weighted by Crippen LogP contribution is -2.30. The number of hydrogen-bond donors (Lipinski definition) is 2. The first-order valence-corrected chi connectivity index (χ1v) is 7.82. The van der Waals surface area contributed by atoms with Gasteiger partial charge in [0.2, 0.25) is 0 Å². The Morgan fingerprint density at radius 3 is 2.50 bits per heavy atom. The van der Waals surface area contributed by atoms with E-state index in [9.17, 15) is 9.59 Å². The fourth-order valence-electron chi connectivity index (χ4n) is 2.77. The van der Waals surface area contributed by atoms with Crippen LogP contribution in [-0.4, -0.2) is 16.4 Å². The Morgan fingerprint density at radius 1 is 1.12 bits per heavy atom. The van der Waals surface area contributed by atoms with Crippen molar-refractivity contribution in [3.05, 3.63) is 69.3 Å². The van der Waals surface area contributed by atoms with Crippen molar-refractivity contribution < 1.29 is 9.59 Å². The third-order valence-corrected chi connectivity index (χ3v) is 4.38. The fourth-order valence-corrected chi connectivity index (χ4v) is 3.26. The van der Waals surface area contributed by atoms with Crippen molar-refractivity contribution in [2.75, 3.05) is 0 Å². The summed E-state index contributed by atoms with van der Waals surface area (Å²) < 4.78 is 1.45. The number of nitrogens with two attached hydrogens (primary N) is 1. The van der Waals surface area contributed by atoms with Crippen molar-refractivity contribution in [2.45, 2.75) is 6.92 Å². The van der Waals surface area contributed by atoms with Gasteiger partial charge in [-0.25, -0.2) is 5.84 Å². The number of rotatable bonds is 2. The van der Waals surface area contributed by atoms with Gasteiger partial charge in [-0.15, -0.1) is 0 Å². The van der Waals surface area contributed by atoms with E-state index in [2.05, 4.69) is 5.43 Å². The molecule has 0 aliphatic heterocycles. The molecule has 0 saturated carbocycles. The number of halogens is 2. The maximum atomic E-state index is 13.0. The molecule has 1 aromatic heterocycles. The van der Waals surface area contributed by atoms with Crippen molar-refractivity contribution >= 4 is 45.9 Å². The minimum Gasteiger partial charge on any atom is -0.290 e. The third-order valence-electron chi connectivity index (χ3n) is 3.83. The highest BCUT2D eigenvalue weighted by Crippen LogP contribution is 2.29. The van der Waals surface area contributed by atoms with Gasteiger partial charge < -0.3 is 0 Å². The van der Waals surface area contributed by atoms with Gasteiger partial charge >= 0.3 is 0 Å². The van der Waals surface area contributed by atoms with Crippen LogP contribution in [0.2, 0.25) is 10.0 Å². The number of nitrogens with zero attached hydrogens (tertiary/aromatic N) is 1. The molecular weight excluding hydrogens is 349 g/mol. The molecule has 2 aromatic carbocycles. The summed E-state index contributed by atoms with van der Waals surface area (Å²) in [5.41, 5.74) is 3.85. The molecule has 0 spiro atoms. The fraction of sp³-hybridized carbons (Fsp3) is 0.0588. The van der Waals surface area contributed by atoms with E-state index in [-0.39, 0.29) is 10.9 Å². The van der Waals surface area contributed by atoms with Gasteiger partial charge in [0.1, 0.15) is 0 Å². The first kappa shape index (κ1) is 16.5. The first-order chi connectivity index (χ1) is 11.5. The van der Waals surface area contributed by atoms with Gasteiger partial charge in [0.25, 0.3) is 11.8 Å². The molecule has 3 rings (SSSR count). The highest BCUT2D eigenvalue weighted by molar-refractivity contribution is 6.37. The van der Waals surface area contributed by atoms with Crippen molar-refractivity contribution in [3.63, 3.8) is 0 Å². The van der Waals surface area contributed by atoms with Crippen LogP contribution in [0.25, 0.3) is 10.9 Å². The summed E-state index contributed by atoms with van der Waals surface area (Å²) in [6.45, 7) is 1.69. The number of nitrogen functional groups attached to an aromatic ring is 1. The van der Waals surface area contributed by atoms with E-state index in [4.69, 9.17) is 29.0 Å². The highest BCUT2D eigenvalue weighted by Gasteiger charge is 2.24. The second-order valence-corrected chi connectivity index (χ2v) is 6.06. The van der Waals surface area contributed by atoms with Crippen LogP contribution >= 0.6 is 23.2 Å². The van der Waals surface area contributed by atoms with Gasteiger partial charge in [-0.2, -0.15) is 0 Å². The predicted molar refractivity (Wildman–Crippen MR) is 94.5 cm³/mol. The monoisotopic (exact) mass is 361 g/mol. The second kappa shape index (κ2) is 6.28. The van der Waals surface area contributed by atoms with Crippen LogP contribution in [0.1, 0.15) is 26.4 Å². The zero-order chi connectivity index (χ0) is 17.4. The number of fused-ring (bicyclic) bond motifs is 1. The SMILES string of the molecule is Cc1c(C(=O)NN)c2ccccc2n1C(=O)c1ccc(Cl)cc1Cl. The quantitative estimate of drug-likeness (QED) is 0.416. The lowest BCUT2D eigenvalue weighted by atomic mass is 10.1. The maximum Gasteiger partial charge on any atom is 0.267 e. The summed E-state index contributed by atoms with van der Waals surface area (Å²) in [5, 5.41) is 1.32. The van der Waals surface area contributed by atoms with Gasteiger partial charge in [0.05, 0.1) is 21.7 Å². The van der Waals surface area contributed by atoms with Crippen molar-refractivity contribution in [2.24, 2.45) is 5.84 Å². The van der Waals surface area contributed by atoms with Gasteiger partial charge in [-0.3, -0.25) is 19.6 Å². The second-order valence-electron chi connectivity index (χ2n) is 5.22. The van der Waals surface area contributed by atoms with E-state index >= 15 is 0 Å².